The van der Waals surface area contributed by atoms with Crippen molar-refractivity contribution in [2.45, 2.75) is 45.1 Å². The van der Waals surface area contributed by atoms with Crippen LogP contribution in [0.2, 0.25) is 0 Å². The average molecular weight is 551 g/mol. The first kappa shape index (κ1) is 26.5. The number of amides is 2. The summed E-state index contributed by atoms with van der Waals surface area (Å²) in [5.41, 5.74) is 6.10. The first-order valence-electron chi connectivity index (χ1n) is 14.1. The number of benzene rings is 2. The second-order valence-electron chi connectivity index (χ2n) is 10.9. The summed E-state index contributed by atoms with van der Waals surface area (Å²) in [5, 5.41) is 7.53. The summed E-state index contributed by atoms with van der Waals surface area (Å²) in [7, 11) is 1.67. The molecule has 210 valence electrons. The molecule has 1 aliphatic heterocycles. The summed E-state index contributed by atoms with van der Waals surface area (Å²) < 4.78 is 3.54. The standard InChI is InChI=1S/C31H34N8O2/c1-20(2)24-6-4-5-7-25(24)28-33-18-27-29(35-28)38(31(41)34-27)19-21-8-10-23(11-9-21)39-17-14-26(36-39)22-12-15-37(16-13-22)30(40)32-3/h4-11,14,17-18,20,22H,12-13,15-16,19H2,1-3H3,(H,32,40)(H,34,41). The molecule has 0 spiro atoms. The fourth-order valence-corrected chi connectivity index (χ4v) is 5.60. The van der Waals surface area contributed by atoms with Gasteiger partial charge in [0.05, 0.1) is 24.1 Å². The van der Waals surface area contributed by atoms with E-state index in [1.54, 1.807) is 17.8 Å². The molecule has 0 saturated carbocycles. The topological polar surface area (TPSA) is 114 Å². The summed E-state index contributed by atoms with van der Waals surface area (Å²) in [6.07, 6.45) is 5.47. The molecule has 4 heterocycles. The number of nitrogens with zero attached hydrogens (tertiary/aromatic N) is 6. The third-order valence-electron chi connectivity index (χ3n) is 7.90. The summed E-state index contributed by atoms with van der Waals surface area (Å²) in [6, 6.07) is 18.2. The predicted octanol–water partition coefficient (Wildman–Crippen LogP) is 4.66. The average Bonchev–Trinajstić information content (AvgIpc) is 3.62. The Balaban J connectivity index is 1.20. The van der Waals surface area contributed by atoms with Gasteiger partial charge >= 0.3 is 11.7 Å². The van der Waals surface area contributed by atoms with Crippen LogP contribution in [0.25, 0.3) is 28.2 Å². The molecule has 0 unspecified atom stereocenters. The number of urea groups is 1. The number of aromatic nitrogens is 6. The Morgan fingerprint density at radius 2 is 1.83 bits per heavy atom. The van der Waals surface area contributed by atoms with Crippen LogP contribution in [0.15, 0.2) is 71.8 Å². The third-order valence-corrected chi connectivity index (χ3v) is 7.90. The maximum Gasteiger partial charge on any atom is 0.328 e. The van der Waals surface area contributed by atoms with Crippen LogP contribution in [-0.2, 0) is 6.54 Å². The smallest absolute Gasteiger partial charge is 0.328 e. The van der Waals surface area contributed by atoms with Crippen molar-refractivity contribution in [1.82, 2.24) is 39.5 Å². The lowest BCUT2D eigenvalue weighted by Crippen LogP contribution is -2.42. The van der Waals surface area contributed by atoms with Crippen molar-refractivity contribution in [2.24, 2.45) is 0 Å². The Kier molecular flexibility index (Phi) is 7.13. The predicted molar refractivity (Wildman–Crippen MR) is 158 cm³/mol. The first-order valence-corrected chi connectivity index (χ1v) is 14.1. The highest BCUT2D eigenvalue weighted by atomic mass is 16.2. The molecule has 2 aromatic carbocycles. The van der Waals surface area contributed by atoms with Crippen LogP contribution < -0.4 is 11.0 Å². The van der Waals surface area contributed by atoms with Crippen molar-refractivity contribution in [3.63, 3.8) is 0 Å². The van der Waals surface area contributed by atoms with E-state index in [1.807, 2.05) is 58.2 Å². The highest BCUT2D eigenvalue weighted by molar-refractivity contribution is 5.74. The maximum absolute atomic E-state index is 12.9. The molecule has 1 fully saturated rings. The van der Waals surface area contributed by atoms with E-state index in [0.717, 1.165) is 48.4 Å². The summed E-state index contributed by atoms with van der Waals surface area (Å²) in [6.45, 7) is 6.14. The van der Waals surface area contributed by atoms with E-state index in [9.17, 15) is 9.59 Å². The van der Waals surface area contributed by atoms with E-state index in [2.05, 4.69) is 41.3 Å². The van der Waals surface area contributed by atoms with Crippen molar-refractivity contribution in [1.29, 1.82) is 0 Å². The van der Waals surface area contributed by atoms with Gasteiger partial charge in [-0.3, -0.25) is 4.57 Å². The second kappa shape index (κ2) is 11.0. The number of carbonyl (C=O) groups excluding carboxylic acids is 1. The number of hydrogen-bond donors (Lipinski definition) is 2. The minimum atomic E-state index is -0.216. The number of hydrogen-bond acceptors (Lipinski definition) is 5. The lowest BCUT2D eigenvalue weighted by atomic mass is 9.94. The number of fused-ring (bicyclic) bond motifs is 1. The maximum atomic E-state index is 12.9. The first-order chi connectivity index (χ1) is 19.9. The summed E-state index contributed by atoms with van der Waals surface area (Å²) >= 11 is 0. The molecular weight excluding hydrogens is 516 g/mol. The fraction of sp³-hybridized carbons (Fsp3) is 0.323. The van der Waals surface area contributed by atoms with Crippen molar-refractivity contribution < 1.29 is 4.79 Å². The Morgan fingerprint density at radius 3 is 2.56 bits per heavy atom. The highest BCUT2D eigenvalue weighted by Crippen LogP contribution is 2.28. The molecule has 2 amide bonds. The van der Waals surface area contributed by atoms with Gasteiger partial charge in [-0.1, -0.05) is 50.2 Å². The molecule has 0 bridgehead atoms. The van der Waals surface area contributed by atoms with Gasteiger partial charge in [0.25, 0.3) is 0 Å². The largest absolute Gasteiger partial charge is 0.341 e. The van der Waals surface area contributed by atoms with Gasteiger partial charge < -0.3 is 15.2 Å². The molecule has 10 nitrogen and oxygen atoms in total. The van der Waals surface area contributed by atoms with Crippen LogP contribution in [0, 0.1) is 0 Å². The molecular formula is C31H34N8O2. The summed E-state index contributed by atoms with van der Waals surface area (Å²) in [4.78, 5) is 38.9. The Hall–Kier alpha value is -4.73. The lowest BCUT2D eigenvalue weighted by Gasteiger charge is -2.30. The number of aromatic amines is 1. The molecule has 2 N–H and O–H groups in total. The van der Waals surface area contributed by atoms with E-state index in [1.165, 1.54) is 5.56 Å². The fourth-order valence-electron chi connectivity index (χ4n) is 5.60. The van der Waals surface area contributed by atoms with Crippen molar-refractivity contribution in [3.05, 3.63) is 94.3 Å². The number of carbonyl (C=O) groups is 1. The van der Waals surface area contributed by atoms with Crippen molar-refractivity contribution in [2.75, 3.05) is 20.1 Å². The van der Waals surface area contributed by atoms with E-state index in [0.29, 0.717) is 35.4 Å². The quantitative estimate of drug-likeness (QED) is 0.319. The van der Waals surface area contributed by atoms with E-state index < -0.39 is 0 Å². The van der Waals surface area contributed by atoms with Gasteiger partial charge in [-0.25, -0.2) is 24.2 Å². The molecule has 0 aliphatic carbocycles. The van der Waals surface area contributed by atoms with E-state index in [4.69, 9.17) is 10.1 Å². The van der Waals surface area contributed by atoms with Crippen LogP contribution in [0.1, 0.15) is 55.3 Å². The Labute approximate surface area is 238 Å². The van der Waals surface area contributed by atoms with E-state index in [-0.39, 0.29) is 11.7 Å². The molecule has 6 rings (SSSR count). The van der Waals surface area contributed by atoms with Crippen LogP contribution in [0.4, 0.5) is 4.79 Å². The number of piperidine rings is 1. The third kappa shape index (κ3) is 5.25. The van der Waals surface area contributed by atoms with Gasteiger partial charge in [0.1, 0.15) is 5.52 Å². The normalized spacial score (nSPS) is 14.2. The monoisotopic (exact) mass is 550 g/mol. The second-order valence-corrected chi connectivity index (χ2v) is 10.9. The summed E-state index contributed by atoms with van der Waals surface area (Å²) in [5.74, 6) is 1.27. The van der Waals surface area contributed by atoms with Crippen molar-refractivity contribution in [3.8, 4) is 17.1 Å². The number of nitrogens with one attached hydrogen (secondary N) is 2. The Morgan fingerprint density at radius 1 is 1.07 bits per heavy atom. The van der Waals surface area contributed by atoms with Gasteiger partial charge in [-0.15, -0.1) is 0 Å². The molecule has 1 saturated heterocycles. The molecule has 5 aromatic rings. The molecule has 3 aromatic heterocycles. The zero-order chi connectivity index (χ0) is 28.5. The molecule has 0 radical (unpaired) electrons. The van der Waals surface area contributed by atoms with Gasteiger partial charge in [0.2, 0.25) is 0 Å². The lowest BCUT2D eigenvalue weighted by molar-refractivity contribution is 0.183. The van der Waals surface area contributed by atoms with Crippen LogP contribution in [0.3, 0.4) is 0 Å². The molecule has 0 atom stereocenters. The minimum Gasteiger partial charge on any atom is -0.341 e. The molecule has 1 aliphatic rings. The molecule has 41 heavy (non-hydrogen) atoms. The zero-order valence-electron chi connectivity index (χ0n) is 23.5. The SMILES string of the molecule is CNC(=O)N1CCC(c2ccn(-c3ccc(Cn4c(=O)[nH]c5cnc(-c6ccccc6C(C)C)nc54)cc3)n2)CC1. The van der Waals surface area contributed by atoms with Crippen LogP contribution in [-0.4, -0.2) is 60.4 Å². The van der Waals surface area contributed by atoms with E-state index >= 15 is 0 Å². The number of H-pyrrole nitrogens is 1. The molecule has 10 heteroatoms. The van der Waals surface area contributed by atoms with Crippen molar-refractivity contribution >= 4 is 17.2 Å². The highest BCUT2D eigenvalue weighted by Gasteiger charge is 2.25. The number of rotatable bonds is 6. The zero-order valence-corrected chi connectivity index (χ0v) is 23.5. The van der Waals surface area contributed by atoms with Gasteiger partial charge in [-0.05, 0) is 48.1 Å². The van der Waals surface area contributed by atoms with Gasteiger partial charge in [0.15, 0.2) is 11.5 Å². The van der Waals surface area contributed by atoms with Gasteiger partial charge in [0, 0.05) is 37.8 Å². The van der Waals surface area contributed by atoms with Crippen LogP contribution >= 0.6 is 0 Å². The number of imidazole rings is 1. The van der Waals surface area contributed by atoms with Gasteiger partial charge in [-0.2, -0.15) is 5.10 Å². The Bertz CT molecular complexity index is 1740. The van der Waals surface area contributed by atoms with Crippen LogP contribution in [0.5, 0.6) is 0 Å². The number of likely N-dealkylation sites (tertiary alicyclic amines) is 1. The minimum absolute atomic E-state index is 0.0201.